The zero-order valence-corrected chi connectivity index (χ0v) is 22.3. The predicted molar refractivity (Wildman–Crippen MR) is 142 cm³/mol. The molecule has 3 N–H and O–H groups in total. The van der Waals surface area contributed by atoms with Crippen molar-refractivity contribution >= 4 is 38.6 Å². The Morgan fingerprint density at radius 2 is 1.79 bits per heavy atom. The van der Waals surface area contributed by atoms with Crippen LogP contribution in [0.25, 0.3) is 10.9 Å². The van der Waals surface area contributed by atoms with Gasteiger partial charge in [-0.05, 0) is 68.5 Å². The molecule has 3 aromatic rings. The van der Waals surface area contributed by atoms with Gasteiger partial charge in [0.25, 0.3) is 21.8 Å². The highest BCUT2D eigenvalue weighted by molar-refractivity contribution is 7.90. The van der Waals surface area contributed by atoms with E-state index in [9.17, 15) is 22.8 Å². The van der Waals surface area contributed by atoms with Crippen LogP contribution >= 0.6 is 0 Å². The number of rotatable bonds is 7. The van der Waals surface area contributed by atoms with Gasteiger partial charge in [0.05, 0.1) is 15.8 Å². The molecular weight excluding hydrogens is 504 g/mol. The molecule has 0 radical (unpaired) electrons. The first-order valence-corrected chi connectivity index (χ1v) is 13.9. The first-order valence-electron chi connectivity index (χ1n) is 12.5. The molecule has 1 saturated carbocycles. The number of nitrogens with one attached hydrogen (secondary N) is 1. The molecule has 1 atom stereocenters. The van der Waals surface area contributed by atoms with E-state index in [0.29, 0.717) is 22.2 Å². The number of likely N-dealkylation sites (N-methyl/N-ethyl adjacent to an activating group) is 1. The van der Waals surface area contributed by atoms with Crippen molar-refractivity contribution in [3.05, 3.63) is 77.0 Å². The first-order chi connectivity index (χ1) is 18.0. The van der Waals surface area contributed by atoms with Crippen molar-refractivity contribution in [3.63, 3.8) is 0 Å². The smallest absolute Gasteiger partial charge is 0.268 e. The van der Waals surface area contributed by atoms with Gasteiger partial charge < -0.3 is 16.0 Å². The Morgan fingerprint density at radius 1 is 1.11 bits per heavy atom. The van der Waals surface area contributed by atoms with Crippen LogP contribution in [0.3, 0.4) is 0 Å². The predicted octanol–water partition coefficient (Wildman–Crippen LogP) is 2.39. The summed E-state index contributed by atoms with van der Waals surface area (Å²) in [6.45, 7) is 3.76. The molecule has 1 aromatic heterocycles. The number of primary amides is 1. The van der Waals surface area contributed by atoms with Gasteiger partial charge in [-0.2, -0.15) is 0 Å². The highest BCUT2D eigenvalue weighted by Gasteiger charge is 2.53. The zero-order chi connectivity index (χ0) is 27.4. The van der Waals surface area contributed by atoms with Crippen molar-refractivity contribution in [2.45, 2.75) is 38.1 Å². The summed E-state index contributed by atoms with van der Waals surface area (Å²) in [6.07, 6.45) is 3.04. The van der Waals surface area contributed by atoms with Crippen LogP contribution in [-0.2, 0) is 31.0 Å². The third kappa shape index (κ3) is 4.09. The van der Waals surface area contributed by atoms with Gasteiger partial charge in [-0.3, -0.25) is 14.4 Å². The molecule has 3 amide bonds. The average molecular weight is 535 g/mol. The molecule has 1 aliphatic carbocycles. The van der Waals surface area contributed by atoms with Crippen LogP contribution in [0.5, 0.6) is 0 Å². The van der Waals surface area contributed by atoms with E-state index in [1.807, 2.05) is 13.0 Å². The van der Waals surface area contributed by atoms with E-state index in [4.69, 9.17) is 5.73 Å². The summed E-state index contributed by atoms with van der Waals surface area (Å²) in [4.78, 5) is 40.3. The molecule has 0 bridgehead atoms. The Morgan fingerprint density at radius 3 is 2.39 bits per heavy atom. The van der Waals surface area contributed by atoms with Crippen LogP contribution in [0, 0.1) is 25.2 Å². The van der Waals surface area contributed by atoms with E-state index < -0.39 is 33.2 Å². The molecule has 38 heavy (non-hydrogen) atoms. The van der Waals surface area contributed by atoms with Gasteiger partial charge in [0, 0.05) is 31.2 Å². The standard InChI is InChI=1S/C28H30N4O5S/c1-17-7-11-21(12-8-17)38(36,37)32-18(2)13-22-19(5-4-6-24(22)32)15-31-16-28(27(29)35,20-9-10-20)14-23(26(31)34)25(33)30-3/h4-8,11-14,20H,9-10,15-16H2,1-3H3,(H2,29,35)(H,30,33). The third-order valence-electron chi connectivity index (χ3n) is 7.59. The van der Waals surface area contributed by atoms with Crippen molar-refractivity contribution in [3.8, 4) is 0 Å². The van der Waals surface area contributed by atoms with Crippen molar-refractivity contribution in [2.75, 3.05) is 13.6 Å². The van der Waals surface area contributed by atoms with Crippen molar-refractivity contribution in [1.82, 2.24) is 14.2 Å². The molecular formula is C28H30N4O5S. The van der Waals surface area contributed by atoms with Crippen LogP contribution in [0.1, 0.15) is 29.7 Å². The average Bonchev–Trinajstić information content (AvgIpc) is 3.67. The van der Waals surface area contributed by atoms with Crippen LogP contribution in [0.15, 0.2) is 65.1 Å². The normalized spacial score (nSPS) is 19.9. The summed E-state index contributed by atoms with van der Waals surface area (Å²) >= 11 is 0. The number of nitrogens with zero attached hydrogens (tertiary/aromatic N) is 2. The molecule has 1 fully saturated rings. The summed E-state index contributed by atoms with van der Waals surface area (Å²) in [5.74, 6) is -1.67. The molecule has 2 aliphatic rings. The summed E-state index contributed by atoms with van der Waals surface area (Å²) in [5.41, 5.74) is 7.28. The Kier molecular flexibility index (Phi) is 6.18. The maximum Gasteiger partial charge on any atom is 0.268 e. The van der Waals surface area contributed by atoms with Gasteiger partial charge in [0.15, 0.2) is 0 Å². The number of aryl methyl sites for hydroxylation is 2. The van der Waals surface area contributed by atoms with Gasteiger partial charge in [0.1, 0.15) is 5.57 Å². The minimum absolute atomic E-state index is 0.0333. The van der Waals surface area contributed by atoms with E-state index in [1.54, 1.807) is 49.4 Å². The van der Waals surface area contributed by atoms with Crippen molar-refractivity contribution in [1.29, 1.82) is 0 Å². The lowest BCUT2D eigenvalue weighted by Crippen LogP contribution is -2.53. The summed E-state index contributed by atoms with van der Waals surface area (Å²) in [5, 5.41) is 3.15. The maximum absolute atomic E-state index is 13.6. The number of hydrogen-bond donors (Lipinski definition) is 2. The lowest BCUT2D eigenvalue weighted by atomic mass is 9.76. The van der Waals surface area contributed by atoms with E-state index >= 15 is 0 Å². The molecule has 1 aliphatic heterocycles. The Labute approximate surface area is 221 Å². The molecule has 0 saturated heterocycles. The van der Waals surface area contributed by atoms with E-state index in [2.05, 4.69) is 5.32 Å². The number of amides is 3. The molecule has 1 unspecified atom stereocenters. The number of nitrogens with two attached hydrogens (primary N) is 1. The monoisotopic (exact) mass is 534 g/mol. The van der Waals surface area contributed by atoms with Gasteiger partial charge in [-0.25, -0.2) is 12.4 Å². The molecule has 2 heterocycles. The highest BCUT2D eigenvalue weighted by atomic mass is 32.2. The largest absolute Gasteiger partial charge is 0.369 e. The van der Waals surface area contributed by atoms with Crippen molar-refractivity contribution < 1.29 is 22.8 Å². The third-order valence-corrected chi connectivity index (χ3v) is 9.43. The lowest BCUT2D eigenvalue weighted by Gasteiger charge is -2.39. The van der Waals surface area contributed by atoms with Crippen LogP contribution in [0.4, 0.5) is 0 Å². The fraction of sp³-hybridized carbons (Fsp3) is 0.321. The quantitative estimate of drug-likeness (QED) is 0.450. The lowest BCUT2D eigenvalue weighted by molar-refractivity contribution is -0.137. The van der Waals surface area contributed by atoms with Gasteiger partial charge in [-0.15, -0.1) is 0 Å². The molecule has 198 valence electrons. The van der Waals surface area contributed by atoms with Gasteiger partial charge in [-0.1, -0.05) is 29.8 Å². The number of aromatic nitrogens is 1. The summed E-state index contributed by atoms with van der Waals surface area (Å²) < 4.78 is 28.5. The van der Waals surface area contributed by atoms with Crippen LogP contribution < -0.4 is 11.1 Å². The Hall–Kier alpha value is -3.92. The fourth-order valence-electron chi connectivity index (χ4n) is 5.42. The molecule has 2 aromatic carbocycles. The van der Waals surface area contributed by atoms with Crippen molar-refractivity contribution in [2.24, 2.45) is 17.1 Å². The van der Waals surface area contributed by atoms with E-state index in [-0.39, 0.29) is 29.5 Å². The summed E-state index contributed by atoms with van der Waals surface area (Å²) in [6, 6.07) is 13.7. The van der Waals surface area contributed by atoms with E-state index in [0.717, 1.165) is 18.4 Å². The summed E-state index contributed by atoms with van der Waals surface area (Å²) in [7, 11) is -2.44. The Balaban J connectivity index is 1.58. The number of hydrogen-bond acceptors (Lipinski definition) is 5. The number of carbonyl (C=O) groups excluding carboxylic acids is 3. The topological polar surface area (TPSA) is 132 Å². The van der Waals surface area contributed by atoms with E-state index in [1.165, 1.54) is 22.0 Å². The number of carbonyl (C=O) groups is 3. The maximum atomic E-state index is 13.6. The number of fused-ring (bicyclic) bond motifs is 1. The molecule has 10 heteroatoms. The SMILES string of the molecule is CNC(=O)C1=CC(C(N)=O)(C2CC2)CN(Cc2cccc3c2cc(C)n3S(=O)(=O)c2ccc(C)cc2)C1=O. The number of benzene rings is 2. The second-order valence-corrected chi connectivity index (χ2v) is 12.0. The molecule has 9 nitrogen and oxygen atoms in total. The second-order valence-electron chi connectivity index (χ2n) is 10.2. The minimum atomic E-state index is -3.87. The van der Waals surface area contributed by atoms with Gasteiger partial charge >= 0.3 is 0 Å². The van der Waals surface area contributed by atoms with Crippen LogP contribution in [0.2, 0.25) is 0 Å². The first kappa shape index (κ1) is 25.7. The minimum Gasteiger partial charge on any atom is -0.369 e. The molecule has 5 rings (SSSR count). The van der Waals surface area contributed by atoms with Gasteiger partial charge in [0.2, 0.25) is 5.91 Å². The second kappa shape index (κ2) is 9.13. The Bertz CT molecular complexity index is 1620. The van der Waals surface area contributed by atoms with Crippen LogP contribution in [-0.4, -0.2) is 48.6 Å². The highest BCUT2D eigenvalue weighted by Crippen LogP contribution is 2.49. The fourth-order valence-corrected chi connectivity index (χ4v) is 6.96. The molecule has 0 spiro atoms. The zero-order valence-electron chi connectivity index (χ0n) is 21.5.